The molecule has 1 amide bonds. The Morgan fingerprint density at radius 1 is 1.32 bits per heavy atom. The first-order valence-electron chi connectivity index (χ1n) is 7.62. The van der Waals surface area contributed by atoms with E-state index in [2.05, 4.69) is 10.4 Å². The summed E-state index contributed by atoms with van der Waals surface area (Å²) >= 11 is 0. The molecule has 25 heavy (non-hydrogen) atoms. The van der Waals surface area contributed by atoms with E-state index < -0.39 is 27.5 Å². The molecule has 0 bridgehead atoms. The normalized spacial score (nSPS) is 11.3. The second kappa shape index (κ2) is 7.47. The number of nitrogens with zero attached hydrogens (tertiary/aromatic N) is 2. The van der Waals surface area contributed by atoms with Crippen LogP contribution in [0.2, 0.25) is 0 Å². The summed E-state index contributed by atoms with van der Waals surface area (Å²) in [6, 6.07) is 6.57. The smallest absolute Gasteiger partial charge is 0.339 e. The number of carbonyl (C=O) groups excluding carboxylic acids is 1. The summed E-state index contributed by atoms with van der Waals surface area (Å²) in [6.45, 7) is 3.36. The third kappa shape index (κ3) is 4.66. The zero-order valence-electron chi connectivity index (χ0n) is 13.9. The summed E-state index contributed by atoms with van der Waals surface area (Å²) in [6.07, 6.45) is 1.70. The zero-order valence-corrected chi connectivity index (χ0v) is 14.7. The van der Waals surface area contributed by atoms with Gasteiger partial charge in [-0.05, 0) is 31.5 Å². The second-order valence-corrected chi connectivity index (χ2v) is 7.74. The molecule has 0 aliphatic carbocycles. The monoisotopic (exact) mass is 365 g/mol. The van der Waals surface area contributed by atoms with E-state index in [4.69, 9.17) is 5.11 Å². The highest BCUT2D eigenvalue weighted by Crippen LogP contribution is 2.18. The van der Waals surface area contributed by atoms with Crippen LogP contribution in [0.1, 0.15) is 29.4 Å². The van der Waals surface area contributed by atoms with Crippen molar-refractivity contribution in [1.29, 1.82) is 0 Å². The van der Waals surface area contributed by atoms with Crippen LogP contribution in [0.3, 0.4) is 0 Å². The lowest BCUT2D eigenvalue weighted by Gasteiger charge is -2.09. The van der Waals surface area contributed by atoms with Crippen LogP contribution in [0.15, 0.2) is 30.5 Å². The summed E-state index contributed by atoms with van der Waals surface area (Å²) in [5.41, 5.74) is 1.49. The highest BCUT2D eigenvalue weighted by molar-refractivity contribution is 7.92. The van der Waals surface area contributed by atoms with Gasteiger partial charge in [-0.25, -0.2) is 17.9 Å². The molecule has 2 N–H and O–H groups in total. The topological polar surface area (TPSA) is 118 Å². The molecule has 9 heteroatoms. The van der Waals surface area contributed by atoms with Crippen LogP contribution in [-0.4, -0.2) is 46.7 Å². The van der Waals surface area contributed by atoms with Crippen LogP contribution >= 0.6 is 0 Å². The number of amides is 1. The molecule has 0 aliphatic heterocycles. The first-order valence-corrected chi connectivity index (χ1v) is 9.44. The lowest BCUT2D eigenvalue weighted by Crippen LogP contribution is -2.24. The molecule has 8 nitrogen and oxygen atoms in total. The van der Waals surface area contributed by atoms with Crippen molar-refractivity contribution in [3.63, 3.8) is 0 Å². The number of carboxylic acid groups (broad SMARTS) is 1. The average Bonchev–Trinajstić information content (AvgIpc) is 2.88. The zero-order chi connectivity index (χ0) is 18.6. The van der Waals surface area contributed by atoms with Crippen molar-refractivity contribution in [2.24, 2.45) is 0 Å². The maximum Gasteiger partial charge on any atom is 0.339 e. The van der Waals surface area contributed by atoms with E-state index in [-0.39, 0.29) is 11.3 Å². The van der Waals surface area contributed by atoms with Crippen molar-refractivity contribution in [3.8, 4) is 5.69 Å². The average molecular weight is 365 g/mol. The maximum atomic E-state index is 11.9. The van der Waals surface area contributed by atoms with Gasteiger partial charge in [-0.1, -0.05) is 13.0 Å². The summed E-state index contributed by atoms with van der Waals surface area (Å²) in [5, 5.41) is 15.7. The molecular weight excluding hydrogens is 346 g/mol. The molecule has 0 atom stereocenters. The minimum atomic E-state index is -3.42. The Bertz CT molecular complexity index is 902. The molecule has 0 spiro atoms. The molecule has 0 fully saturated rings. The third-order valence-electron chi connectivity index (χ3n) is 3.48. The number of carbonyl (C=O) groups is 2. The van der Waals surface area contributed by atoms with Gasteiger partial charge in [0.25, 0.3) is 0 Å². The van der Waals surface area contributed by atoms with Crippen LogP contribution in [0, 0.1) is 6.92 Å². The standard InChI is InChI=1S/C16H19N3O5S/c1-3-7-25(23,24)10-15(20)18-12-5-4-6-13(8-12)19-11(2)14(9-17-19)16(21)22/h4-6,8-9H,3,7,10H2,1-2H3,(H,18,20)(H,21,22). The second-order valence-electron chi connectivity index (χ2n) is 5.55. The first-order chi connectivity index (χ1) is 11.7. The number of benzene rings is 1. The SMILES string of the molecule is CCCS(=O)(=O)CC(=O)Nc1cccc(-n2ncc(C(=O)O)c2C)c1. The van der Waals surface area contributed by atoms with Gasteiger partial charge in [0.1, 0.15) is 11.3 Å². The molecule has 2 aromatic rings. The van der Waals surface area contributed by atoms with E-state index in [1.54, 1.807) is 38.1 Å². The number of carboxylic acids is 1. The van der Waals surface area contributed by atoms with Crippen molar-refractivity contribution in [1.82, 2.24) is 9.78 Å². The number of hydrogen-bond donors (Lipinski definition) is 2. The van der Waals surface area contributed by atoms with E-state index in [9.17, 15) is 18.0 Å². The van der Waals surface area contributed by atoms with Crippen molar-refractivity contribution in [2.75, 3.05) is 16.8 Å². The number of nitrogens with one attached hydrogen (secondary N) is 1. The molecule has 1 heterocycles. The molecule has 0 saturated carbocycles. The Balaban J connectivity index is 2.19. The summed E-state index contributed by atoms with van der Waals surface area (Å²) in [4.78, 5) is 23.0. The quantitative estimate of drug-likeness (QED) is 0.770. The Kier molecular flexibility index (Phi) is 5.58. The van der Waals surface area contributed by atoms with Crippen LogP contribution < -0.4 is 5.32 Å². The van der Waals surface area contributed by atoms with E-state index in [1.165, 1.54) is 10.9 Å². The predicted molar refractivity (Wildman–Crippen MR) is 92.8 cm³/mol. The molecule has 0 radical (unpaired) electrons. The predicted octanol–water partition coefficient (Wildman–Crippen LogP) is 1.64. The van der Waals surface area contributed by atoms with Crippen LogP contribution in [0.25, 0.3) is 5.69 Å². The molecule has 0 unspecified atom stereocenters. The van der Waals surface area contributed by atoms with E-state index in [0.29, 0.717) is 23.5 Å². The lowest BCUT2D eigenvalue weighted by atomic mass is 10.2. The number of hydrogen-bond acceptors (Lipinski definition) is 5. The molecule has 2 rings (SSSR count). The summed E-state index contributed by atoms with van der Waals surface area (Å²) in [7, 11) is -3.42. The Hall–Kier alpha value is -2.68. The highest BCUT2D eigenvalue weighted by Gasteiger charge is 2.17. The number of aromatic carboxylic acids is 1. The Labute approximate surface area is 145 Å². The molecule has 1 aromatic heterocycles. The highest BCUT2D eigenvalue weighted by atomic mass is 32.2. The van der Waals surface area contributed by atoms with Crippen molar-refractivity contribution < 1.29 is 23.1 Å². The van der Waals surface area contributed by atoms with E-state index in [0.717, 1.165) is 0 Å². The molecule has 134 valence electrons. The molecule has 1 aromatic carbocycles. The van der Waals surface area contributed by atoms with Gasteiger partial charge in [-0.2, -0.15) is 5.10 Å². The fraction of sp³-hybridized carbons (Fsp3) is 0.312. The van der Waals surface area contributed by atoms with Gasteiger partial charge in [-0.3, -0.25) is 4.79 Å². The van der Waals surface area contributed by atoms with Crippen molar-refractivity contribution in [2.45, 2.75) is 20.3 Å². The molecule has 0 saturated heterocycles. The fourth-order valence-electron chi connectivity index (χ4n) is 2.38. The van der Waals surface area contributed by atoms with Crippen LogP contribution in [-0.2, 0) is 14.6 Å². The van der Waals surface area contributed by atoms with Gasteiger partial charge in [0.05, 0.1) is 23.3 Å². The lowest BCUT2D eigenvalue weighted by molar-refractivity contribution is -0.113. The van der Waals surface area contributed by atoms with E-state index >= 15 is 0 Å². The molecular formula is C16H19N3O5S. The Morgan fingerprint density at radius 3 is 2.64 bits per heavy atom. The fourth-order valence-corrected chi connectivity index (χ4v) is 3.61. The minimum Gasteiger partial charge on any atom is -0.478 e. The number of sulfone groups is 1. The number of anilines is 1. The summed E-state index contributed by atoms with van der Waals surface area (Å²) in [5.74, 6) is -2.30. The van der Waals surface area contributed by atoms with Gasteiger partial charge in [0.2, 0.25) is 5.91 Å². The van der Waals surface area contributed by atoms with Gasteiger partial charge in [0.15, 0.2) is 9.84 Å². The first kappa shape index (κ1) is 18.7. The summed E-state index contributed by atoms with van der Waals surface area (Å²) < 4.78 is 24.8. The number of aromatic nitrogens is 2. The van der Waals surface area contributed by atoms with Gasteiger partial charge < -0.3 is 10.4 Å². The minimum absolute atomic E-state index is 0.0368. The van der Waals surface area contributed by atoms with Gasteiger partial charge in [0, 0.05) is 5.69 Å². The number of rotatable bonds is 7. The largest absolute Gasteiger partial charge is 0.478 e. The van der Waals surface area contributed by atoms with Crippen molar-refractivity contribution in [3.05, 3.63) is 41.7 Å². The maximum absolute atomic E-state index is 11.9. The molecule has 0 aliphatic rings. The van der Waals surface area contributed by atoms with Gasteiger partial charge >= 0.3 is 5.97 Å². The third-order valence-corrected chi connectivity index (χ3v) is 5.21. The van der Waals surface area contributed by atoms with E-state index in [1.807, 2.05) is 0 Å². The van der Waals surface area contributed by atoms with Crippen LogP contribution in [0.4, 0.5) is 5.69 Å². The van der Waals surface area contributed by atoms with Gasteiger partial charge in [-0.15, -0.1) is 0 Å². The van der Waals surface area contributed by atoms with Crippen molar-refractivity contribution >= 4 is 27.4 Å². The van der Waals surface area contributed by atoms with Crippen LogP contribution in [0.5, 0.6) is 0 Å². The Morgan fingerprint density at radius 2 is 2.04 bits per heavy atom.